The van der Waals surface area contributed by atoms with Crippen molar-refractivity contribution in [3.05, 3.63) is 0 Å². The number of hydrogen-bond acceptors (Lipinski definition) is 2. The Morgan fingerprint density at radius 3 is 2.36 bits per heavy atom. The van der Waals surface area contributed by atoms with Crippen molar-refractivity contribution in [3.8, 4) is 0 Å². The van der Waals surface area contributed by atoms with E-state index in [9.17, 15) is 8.42 Å². The minimum absolute atomic E-state index is 0.129. The molecule has 0 bridgehead atoms. The summed E-state index contributed by atoms with van der Waals surface area (Å²) in [5.41, 5.74) is 0. The Bertz CT molecular complexity index is 270. The number of hydrogen-bond donors (Lipinski definition) is 1. The Morgan fingerprint density at radius 2 is 1.93 bits per heavy atom. The van der Waals surface area contributed by atoms with E-state index in [1.807, 2.05) is 20.8 Å². The van der Waals surface area contributed by atoms with Gasteiger partial charge in [-0.15, -0.1) is 0 Å². The molecular weight excluding hydrogens is 198 g/mol. The van der Waals surface area contributed by atoms with E-state index < -0.39 is 10.0 Å². The highest BCUT2D eigenvalue weighted by Crippen LogP contribution is 2.32. The molecule has 0 spiro atoms. The maximum atomic E-state index is 11.6. The molecule has 1 rings (SSSR count). The fourth-order valence-corrected chi connectivity index (χ4v) is 3.36. The number of nitrogens with one attached hydrogen (secondary N) is 1. The Labute approximate surface area is 87.3 Å². The highest BCUT2D eigenvalue weighted by atomic mass is 32.2. The number of rotatable bonds is 6. The first kappa shape index (κ1) is 12.0. The topological polar surface area (TPSA) is 46.2 Å². The van der Waals surface area contributed by atoms with E-state index in [1.54, 1.807) is 0 Å². The molecule has 4 heteroatoms. The van der Waals surface area contributed by atoms with Crippen LogP contribution in [0, 0.1) is 11.8 Å². The fraction of sp³-hybridized carbons (Fsp3) is 1.00. The van der Waals surface area contributed by atoms with Gasteiger partial charge in [0.1, 0.15) is 0 Å². The zero-order valence-corrected chi connectivity index (χ0v) is 10.1. The molecule has 3 nitrogen and oxygen atoms in total. The largest absolute Gasteiger partial charge is 0.212 e. The minimum atomic E-state index is -3.05. The second-order valence-corrected chi connectivity index (χ2v) is 6.34. The molecular formula is C10H21NO2S. The van der Waals surface area contributed by atoms with E-state index in [1.165, 1.54) is 12.8 Å². The Hall–Kier alpha value is -0.0900. The first-order valence-corrected chi connectivity index (χ1v) is 7.10. The summed E-state index contributed by atoms with van der Waals surface area (Å²) < 4.78 is 26.0. The van der Waals surface area contributed by atoms with Crippen molar-refractivity contribution in [3.63, 3.8) is 0 Å². The van der Waals surface area contributed by atoms with E-state index in [2.05, 4.69) is 4.72 Å². The van der Waals surface area contributed by atoms with Gasteiger partial charge in [0, 0.05) is 6.04 Å². The van der Waals surface area contributed by atoms with Gasteiger partial charge in [0.15, 0.2) is 0 Å². The summed E-state index contributed by atoms with van der Waals surface area (Å²) in [5, 5.41) is 0. The predicted molar refractivity (Wildman–Crippen MR) is 58.6 cm³/mol. The van der Waals surface area contributed by atoms with Crippen LogP contribution in [-0.2, 0) is 10.0 Å². The maximum absolute atomic E-state index is 11.6. The van der Waals surface area contributed by atoms with Gasteiger partial charge in [0.2, 0.25) is 10.0 Å². The molecule has 1 aliphatic rings. The standard InChI is InChI=1S/C10H21NO2S/c1-4-8(2)7-14(12,13)11-9(3)10-5-6-10/h8-11H,4-7H2,1-3H3/t8-,9-/m0/s1. The molecule has 1 fully saturated rings. The Morgan fingerprint density at radius 1 is 1.36 bits per heavy atom. The van der Waals surface area contributed by atoms with Crippen molar-refractivity contribution in [1.82, 2.24) is 4.72 Å². The zero-order chi connectivity index (χ0) is 10.8. The van der Waals surface area contributed by atoms with Crippen LogP contribution in [-0.4, -0.2) is 20.2 Å². The second kappa shape index (κ2) is 4.62. The first-order chi connectivity index (χ1) is 6.44. The van der Waals surface area contributed by atoms with Crippen LogP contribution in [0.2, 0.25) is 0 Å². The molecule has 84 valence electrons. The molecule has 14 heavy (non-hydrogen) atoms. The average Bonchev–Trinajstić information content (AvgIpc) is 2.84. The van der Waals surface area contributed by atoms with Gasteiger partial charge in [0.05, 0.1) is 5.75 Å². The Balaban J connectivity index is 2.40. The van der Waals surface area contributed by atoms with Crippen molar-refractivity contribution >= 4 is 10.0 Å². The van der Waals surface area contributed by atoms with E-state index in [0.717, 1.165) is 6.42 Å². The third-order valence-corrected chi connectivity index (χ3v) is 4.63. The van der Waals surface area contributed by atoms with Crippen LogP contribution in [0.3, 0.4) is 0 Å². The molecule has 0 aromatic heterocycles. The van der Waals surface area contributed by atoms with E-state index in [-0.39, 0.29) is 17.7 Å². The van der Waals surface area contributed by atoms with Crippen molar-refractivity contribution < 1.29 is 8.42 Å². The molecule has 0 aromatic rings. The third kappa shape index (κ3) is 3.96. The third-order valence-electron chi connectivity index (χ3n) is 2.90. The van der Waals surface area contributed by atoms with Crippen LogP contribution < -0.4 is 4.72 Å². The molecule has 1 saturated carbocycles. The SMILES string of the molecule is CC[C@H](C)CS(=O)(=O)N[C@@H](C)C1CC1. The van der Waals surface area contributed by atoms with Crippen molar-refractivity contribution in [2.24, 2.45) is 11.8 Å². The molecule has 0 heterocycles. The Kier molecular flexibility index (Phi) is 3.95. The minimum Gasteiger partial charge on any atom is -0.212 e. The van der Waals surface area contributed by atoms with Crippen molar-refractivity contribution in [2.45, 2.75) is 46.1 Å². The van der Waals surface area contributed by atoms with Gasteiger partial charge < -0.3 is 0 Å². The molecule has 0 unspecified atom stereocenters. The highest BCUT2D eigenvalue weighted by molar-refractivity contribution is 7.89. The number of sulfonamides is 1. The van der Waals surface area contributed by atoms with Gasteiger partial charge in [-0.2, -0.15) is 0 Å². The molecule has 0 amide bonds. The van der Waals surface area contributed by atoms with Gasteiger partial charge in [-0.3, -0.25) is 0 Å². The van der Waals surface area contributed by atoms with Gasteiger partial charge in [-0.1, -0.05) is 20.3 Å². The van der Waals surface area contributed by atoms with Crippen LogP contribution in [0.5, 0.6) is 0 Å². The lowest BCUT2D eigenvalue weighted by atomic mass is 10.2. The lowest BCUT2D eigenvalue weighted by Gasteiger charge is -2.15. The molecule has 0 saturated heterocycles. The van der Waals surface area contributed by atoms with Gasteiger partial charge in [0.25, 0.3) is 0 Å². The van der Waals surface area contributed by atoms with Crippen LogP contribution in [0.25, 0.3) is 0 Å². The summed E-state index contributed by atoms with van der Waals surface area (Å²) in [6.45, 7) is 5.96. The molecule has 0 radical (unpaired) electrons. The first-order valence-electron chi connectivity index (χ1n) is 5.44. The summed E-state index contributed by atoms with van der Waals surface area (Å²) in [6, 6.07) is 0.129. The smallest absolute Gasteiger partial charge is 0.212 e. The fourth-order valence-electron chi connectivity index (χ4n) is 1.52. The monoisotopic (exact) mass is 219 g/mol. The van der Waals surface area contributed by atoms with Crippen LogP contribution in [0.1, 0.15) is 40.0 Å². The van der Waals surface area contributed by atoms with Crippen molar-refractivity contribution in [1.29, 1.82) is 0 Å². The summed E-state index contributed by atoms with van der Waals surface area (Å²) >= 11 is 0. The summed E-state index contributed by atoms with van der Waals surface area (Å²) in [6.07, 6.45) is 3.26. The molecule has 0 aromatic carbocycles. The summed E-state index contributed by atoms with van der Waals surface area (Å²) in [5.74, 6) is 1.10. The molecule has 1 N–H and O–H groups in total. The molecule has 2 atom stereocenters. The predicted octanol–water partition coefficient (Wildman–Crippen LogP) is 1.75. The quantitative estimate of drug-likeness (QED) is 0.740. The van der Waals surface area contributed by atoms with E-state index in [4.69, 9.17) is 0 Å². The van der Waals surface area contributed by atoms with Crippen LogP contribution in [0.4, 0.5) is 0 Å². The zero-order valence-electron chi connectivity index (χ0n) is 9.29. The summed E-state index contributed by atoms with van der Waals surface area (Å²) in [4.78, 5) is 0. The molecule has 0 aliphatic heterocycles. The van der Waals surface area contributed by atoms with Gasteiger partial charge in [-0.05, 0) is 31.6 Å². The van der Waals surface area contributed by atoms with Crippen LogP contribution in [0.15, 0.2) is 0 Å². The molecule has 1 aliphatic carbocycles. The van der Waals surface area contributed by atoms with Gasteiger partial charge in [-0.25, -0.2) is 13.1 Å². The highest BCUT2D eigenvalue weighted by Gasteiger charge is 2.30. The second-order valence-electron chi connectivity index (χ2n) is 4.54. The van der Waals surface area contributed by atoms with E-state index in [0.29, 0.717) is 5.92 Å². The average molecular weight is 219 g/mol. The normalized spacial score (nSPS) is 21.9. The van der Waals surface area contributed by atoms with E-state index >= 15 is 0 Å². The lowest BCUT2D eigenvalue weighted by Crippen LogP contribution is -2.37. The maximum Gasteiger partial charge on any atom is 0.212 e. The van der Waals surface area contributed by atoms with Crippen LogP contribution >= 0.6 is 0 Å². The summed E-state index contributed by atoms with van der Waals surface area (Å²) in [7, 11) is -3.05. The van der Waals surface area contributed by atoms with Gasteiger partial charge >= 0.3 is 0 Å². The lowest BCUT2D eigenvalue weighted by molar-refractivity contribution is 0.521. The van der Waals surface area contributed by atoms with Crippen molar-refractivity contribution in [2.75, 3.05) is 5.75 Å².